The summed E-state index contributed by atoms with van der Waals surface area (Å²) in [6.07, 6.45) is 0. The molecular formula is C15H18N2O2S. The van der Waals surface area contributed by atoms with Crippen molar-refractivity contribution in [1.29, 1.82) is 0 Å². The maximum absolute atomic E-state index is 12.0. The molecule has 0 aliphatic heterocycles. The van der Waals surface area contributed by atoms with Crippen LogP contribution in [0.15, 0.2) is 47.8 Å². The van der Waals surface area contributed by atoms with Gasteiger partial charge in [-0.1, -0.05) is 36.4 Å². The second-order valence-electron chi connectivity index (χ2n) is 4.28. The largest absolute Gasteiger partial charge is 0.341 e. The van der Waals surface area contributed by atoms with E-state index in [1.165, 1.54) is 0 Å². The molecule has 2 amide bonds. The van der Waals surface area contributed by atoms with Gasteiger partial charge in [-0.3, -0.25) is 4.84 Å². The average molecular weight is 290 g/mol. The summed E-state index contributed by atoms with van der Waals surface area (Å²) in [7, 11) is 0. The minimum atomic E-state index is -0.211. The van der Waals surface area contributed by atoms with E-state index in [2.05, 4.69) is 5.48 Å². The number of urea groups is 1. The Labute approximate surface area is 122 Å². The summed E-state index contributed by atoms with van der Waals surface area (Å²) < 4.78 is 0. The van der Waals surface area contributed by atoms with Crippen LogP contribution in [-0.4, -0.2) is 17.5 Å². The molecule has 4 nitrogen and oxygen atoms in total. The van der Waals surface area contributed by atoms with Gasteiger partial charge in [-0.15, -0.1) is 11.3 Å². The van der Waals surface area contributed by atoms with E-state index >= 15 is 0 Å². The number of hydroxylamine groups is 1. The van der Waals surface area contributed by atoms with Crippen molar-refractivity contribution >= 4 is 17.4 Å². The van der Waals surface area contributed by atoms with Crippen LogP contribution in [0.1, 0.15) is 17.4 Å². The first-order chi connectivity index (χ1) is 9.79. The molecule has 0 aliphatic rings. The van der Waals surface area contributed by atoms with E-state index in [0.29, 0.717) is 19.7 Å². The van der Waals surface area contributed by atoms with Crippen molar-refractivity contribution in [3.63, 3.8) is 0 Å². The fourth-order valence-corrected chi connectivity index (χ4v) is 2.46. The summed E-state index contributed by atoms with van der Waals surface area (Å²) >= 11 is 1.64. The number of rotatable bonds is 6. The molecule has 1 heterocycles. The molecule has 2 aromatic rings. The van der Waals surface area contributed by atoms with Crippen LogP contribution in [0.3, 0.4) is 0 Å². The Morgan fingerprint density at radius 2 is 2.05 bits per heavy atom. The summed E-state index contributed by atoms with van der Waals surface area (Å²) in [6, 6.07) is 13.5. The Hall–Kier alpha value is -1.85. The molecule has 1 N–H and O–H groups in total. The van der Waals surface area contributed by atoms with E-state index < -0.39 is 0 Å². The topological polar surface area (TPSA) is 41.6 Å². The maximum atomic E-state index is 12.0. The molecule has 5 heteroatoms. The highest BCUT2D eigenvalue weighted by atomic mass is 32.1. The number of nitrogens with zero attached hydrogens (tertiary/aromatic N) is 1. The zero-order valence-corrected chi connectivity index (χ0v) is 12.2. The Morgan fingerprint density at radius 3 is 2.70 bits per heavy atom. The van der Waals surface area contributed by atoms with Gasteiger partial charge >= 0.3 is 6.03 Å². The first-order valence-electron chi connectivity index (χ1n) is 6.52. The molecule has 106 valence electrons. The van der Waals surface area contributed by atoms with Gasteiger partial charge in [0, 0.05) is 11.4 Å². The van der Waals surface area contributed by atoms with Gasteiger partial charge in [0.15, 0.2) is 0 Å². The summed E-state index contributed by atoms with van der Waals surface area (Å²) in [6.45, 7) is 3.56. The van der Waals surface area contributed by atoms with Gasteiger partial charge in [0.05, 0.1) is 13.2 Å². The normalized spacial score (nSPS) is 10.2. The quantitative estimate of drug-likeness (QED) is 0.828. The lowest BCUT2D eigenvalue weighted by Crippen LogP contribution is -2.39. The maximum Gasteiger partial charge on any atom is 0.341 e. The predicted molar refractivity (Wildman–Crippen MR) is 80.2 cm³/mol. The highest BCUT2D eigenvalue weighted by Crippen LogP contribution is 2.11. The lowest BCUT2D eigenvalue weighted by molar-refractivity contribution is 0.0363. The third kappa shape index (κ3) is 4.36. The standard InChI is InChI=1S/C15H18N2O2S/c1-2-17(11-14-9-6-10-20-14)15(18)16-19-12-13-7-4-3-5-8-13/h3-10H,2,11-12H2,1H3,(H,16,18). The van der Waals surface area contributed by atoms with Gasteiger partial charge in [-0.2, -0.15) is 0 Å². The van der Waals surface area contributed by atoms with E-state index in [0.717, 1.165) is 10.4 Å². The average Bonchev–Trinajstić information content (AvgIpc) is 2.98. The number of hydrogen-bond donors (Lipinski definition) is 1. The molecule has 0 atom stereocenters. The van der Waals surface area contributed by atoms with E-state index in [9.17, 15) is 4.79 Å². The van der Waals surface area contributed by atoms with Crippen molar-refractivity contribution in [3.05, 3.63) is 58.3 Å². The van der Waals surface area contributed by atoms with Crippen molar-refractivity contribution in [3.8, 4) is 0 Å². The lowest BCUT2D eigenvalue weighted by atomic mass is 10.2. The van der Waals surface area contributed by atoms with Gasteiger partial charge < -0.3 is 4.90 Å². The minimum Gasteiger partial charge on any atom is -0.318 e. The van der Waals surface area contributed by atoms with Gasteiger partial charge in [0.1, 0.15) is 0 Å². The number of benzene rings is 1. The summed E-state index contributed by atoms with van der Waals surface area (Å²) in [5.74, 6) is 0. The second kappa shape index (κ2) is 7.67. The van der Waals surface area contributed by atoms with Crippen molar-refractivity contribution < 1.29 is 9.63 Å². The molecule has 2 rings (SSSR count). The first kappa shape index (κ1) is 14.6. The summed E-state index contributed by atoms with van der Waals surface area (Å²) in [5, 5.41) is 2.01. The number of carbonyl (C=O) groups excluding carboxylic acids is 1. The van der Waals surface area contributed by atoms with Crippen LogP contribution in [0.5, 0.6) is 0 Å². The Morgan fingerprint density at radius 1 is 1.25 bits per heavy atom. The molecule has 20 heavy (non-hydrogen) atoms. The van der Waals surface area contributed by atoms with Crippen LogP contribution in [0.25, 0.3) is 0 Å². The molecule has 0 saturated carbocycles. The third-order valence-electron chi connectivity index (χ3n) is 2.84. The molecule has 1 aromatic heterocycles. The summed E-state index contributed by atoms with van der Waals surface area (Å²) in [5.41, 5.74) is 3.51. The van der Waals surface area contributed by atoms with E-state index in [4.69, 9.17) is 4.84 Å². The molecule has 0 bridgehead atoms. The monoisotopic (exact) mass is 290 g/mol. The van der Waals surface area contributed by atoms with Gasteiger partial charge in [0.25, 0.3) is 0 Å². The fourth-order valence-electron chi connectivity index (χ4n) is 1.74. The highest BCUT2D eigenvalue weighted by molar-refractivity contribution is 7.09. The first-order valence-corrected chi connectivity index (χ1v) is 7.40. The molecule has 0 unspecified atom stereocenters. The number of amides is 2. The van der Waals surface area contributed by atoms with Crippen LogP contribution in [-0.2, 0) is 18.0 Å². The fraction of sp³-hybridized carbons (Fsp3) is 0.267. The number of carbonyl (C=O) groups is 1. The zero-order valence-electron chi connectivity index (χ0n) is 11.4. The molecule has 1 aromatic carbocycles. The van der Waals surface area contributed by atoms with E-state index in [-0.39, 0.29) is 6.03 Å². The lowest BCUT2D eigenvalue weighted by Gasteiger charge is -2.20. The van der Waals surface area contributed by atoms with Crippen LogP contribution < -0.4 is 5.48 Å². The molecule has 0 fully saturated rings. The van der Waals surface area contributed by atoms with Gasteiger partial charge in [-0.05, 0) is 23.9 Å². The van der Waals surface area contributed by atoms with Crippen LogP contribution in [0.4, 0.5) is 4.79 Å². The second-order valence-corrected chi connectivity index (χ2v) is 5.31. The van der Waals surface area contributed by atoms with E-state index in [1.807, 2.05) is 54.8 Å². The Kier molecular flexibility index (Phi) is 5.58. The van der Waals surface area contributed by atoms with Crippen molar-refractivity contribution in [2.75, 3.05) is 6.54 Å². The molecule has 0 spiro atoms. The molecule has 0 saturated heterocycles. The van der Waals surface area contributed by atoms with Crippen LogP contribution >= 0.6 is 11.3 Å². The minimum absolute atomic E-state index is 0.211. The van der Waals surface area contributed by atoms with E-state index in [1.54, 1.807) is 16.2 Å². The zero-order chi connectivity index (χ0) is 14.2. The Bertz CT molecular complexity index is 514. The predicted octanol–water partition coefficient (Wildman–Crippen LogP) is 3.41. The van der Waals surface area contributed by atoms with Crippen LogP contribution in [0, 0.1) is 0 Å². The third-order valence-corrected chi connectivity index (χ3v) is 3.70. The smallest absolute Gasteiger partial charge is 0.318 e. The Balaban J connectivity index is 1.77. The van der Waals surface area contributed by atoms with Crippen LogP contribution in [0.2, 0.25) is 0 Å². The molecule has 0 aliphatic carbocycles. The molecular weight excluding hydrogens is 272 g/mol. The number of thiophene rings is 1. The van der Waals surface area contributed by atoms with Gasteiger partial charge in [0.2, 0.25) is 0 Å². The van der Waals surface area contributed by atoms with Crippen molar-refractivity contribution in [2.24, 2.45) is 0 Å². The summed E-state index contributed by atoms with van der Waals surface area (Å²) in [4.78, 5) is 20.1. The highest BCUT2D eigenvalue weighted by Gasteiger charge is 2.12. The van der Waals surface area contributed by atoms with Crippen molar-refractivity contribution in [1.82, 2.24) is 10.4 Å². The molecule has 0 radical (unpaired) electrons. The number of nitrogens with one attached hydrogen (secondary N) is 1. The number of hydrogen-bond acceptors (Lipinski definition) is 3. The SMILES string of the molecule is CCN(Cc1cccs1)C(=O)NOCc1ccccc1. The van der Waals surface area contributed by atoms with Crippen molar-refractivity contribution in [2.45, 2.75) is 20.1 Å². The van der Waals surface area contributed by atoms with Gasteiger partial charge in [-0.25, -0.2) is 10.3 Å².